The summed E-state index contributed by atoms with van der Waals surface area (Å²) < 4.78 is 43.1. The summed E-state index contributed by atoms with van der Waals surface area (Å²) >= 11 is 0.926. The van der Waals surface area contributed by atoms with Gasteiger partial charge in [-0.05, 0) is 54.9 Å². The molecule has 0 saturated carbocycles. The van der Waals surface area contributed by atoms with Crippen LogP contribution >= 0.6 is 11.8 Å². The van der Waals surface area contributed by atoms with Crippen molar-refractivity contribution in [1.82, 2.24) is 4.90 Å². The summed E-state index contributed by atoms with van der Waals surface area (Å²) in [4.78, 5) is 14.2. The highest BCUT2D eigenvalue weighted by Gasteiger charge is 2.34. The van der Waals surface area contributed by atoms with Gasteiger partial charge >= 0.3 is 0 Å². The van der Waals surface area contributed by atoms with Gasteiger partial charge in [-0.15, -0.1) is 4.40 Å². The fourth-order valence-corrected chi connectivity index (χ4v) is 4.88. The molecule has 1 fully saturated rings. The molecule has 0 aliphatic carbocycles. The Balaban J connectivity index is 1.96. The average Bonchev–Trinajstić information content (AvgIpc) is 2.97. The molecule has 0 radical (unpaired) electrons. The van der Waals surface area contributed by atoms with Crippen LogP contribution in [0.3, 0.4) is 0 Å². The number of benzene rings is 2. The average molecular weight is 419 g/mol. The van der Waals surface area contributed by atoms with E-state index in [2.05, 4.69) is 4.40 Å². The third kappa shape index (κ3) is 4.18. The number of hydrogen-bond donors (Lipinski definition) is 0. The first-order valence-corrected chi connectivity index (χ1v) is 11.0. The van der Waals surface area contributed by atoms with Crippen LogP contribution in [0.4, 0.5) is 4.39 Å². The molecule has 1 saturated heterocycles. The molecule has 1 aliphatic rings. The maximum Gasteiger partial charge on any atom is 0.284 e. The lowest BCUT2D eigenvalue weighted by atomic mass is 10.2. The van der Waals surface area contributed by atoms with Gasteiger partial charge in [0.05, 0.1) is 9.80 Å². The van der Waals surface area contributed by atoms with Crippen molar-refractivity contribution in [2.45, 2.75) is 25.2 Å². The summed E-state index contributed by atoms with van der Waals surface area (Å²) in [6.45, 7) is 3.96. The fourth-order valence-electron chi connectivity index (χ4n) is 2.64. The molecule has 0 unspecified atom stereocenters. The zero-order valence-corrected chi connectivity index (χ0v) is 17.1. The largest absolute Gasteiger partial charge is 0.286 e. The first-order chi connectivity index (χ1) is 13.4. The number of amidine groups is 1. The monoisotopic (exact) mass is 418 g/mol. The minimum absolute atomic E-state index is 0.0628. The van der Waals surface area contributed by atoms with Crippen LogP contribution in [-0.4, -0.2) is 30.9 Å². The summed E-state index contributed by atoms with van der Waals surface area (Å²) in [5.41, 5.74) is 1.27. The van der Waals surface area contributed by atoms with Crippen LogP contribution in [0.25, 0.3) is 6.08 Å². The number of hydrogen-bond acceptors (Lipinski definition) is 4. The number of aryl methyl sites for hydroxylation is 1. The summed E-state index contributed by atoms with van der Waals surface area (Å²) in [5.74, 6) is -0.855. The SMILES string of the molecule is CCc1ccc(S(=O)(=O)/N=C2\S/C(=C/c3ccccc3F)C(=O)N2CC)cc1. The van der Waals surface area contributed by atoms with E-state index in [1.165, 1.54) is 29.2 Å². The minimum Gasteiger partial charge on any atom is -0.286 e. The van der Waals surface area contributed by atoms with Crippen molar-refractivity contribution in [2.24, 2.45) is 4.40 Å². The molecule has 1 aliphatic heterocycles. The van der Waals surface area contributed by atoms with Crippen molar-refractivity contribution in [3.8, 4) is 0 Å². The van der Waals surface area contributed by atoms with Gasteiger partial charge in [0.25, 0.3) is 15.9 Å². The van der Waals surface area contributed by atoms with Crippen molar-refractivity contribution < 1.29 is 17.6 Å². The summed E-state index contributed by atoms with van der Waals surface area (Å²) in [5, 5.41) is 0.0645. The second-order valence-electron chi connectivity index (χ2n) is 6.03. The minimum atomic E-state index is -3.97. The Bertz CT molecular complexity index is 1060. The molecule has 2 aromatic carbocycles. The number of rotatable bonds is 5. The molecule has 5 nitrogen and oxygen atoms in total. The van der Waals surface area contributed by atoms with E-state index < -0.39 is 21.7 Å². The molecule has 8 heteroatoms. The van der Waals surface area contributed by atoms with Crippen molar-refractivity contribution in [2.75, 3.05) is 6.54 Å². The molecular formula is C20H19FN2O3S2. The van der Waals surface area contributed by atoms with Gasteiger partial charge < -0.3 is 0 Å². The van der Waals surface area contributed by atoms with Crippen LogP contribution in [0, 0.1) is 5.82 Å². The van der Waals surface area contributed by atoms with Crippen molar-refractivity contribution in [1.29, 1.82) is 0 Å². The third-order valence-electron chi connectivity index (χ3n) is 4.22. The van der Waals surface area contributed by atoms with Crippen LogP contribution in [-0.2, 0) is 21.2 Å². The van der Waals surface area contributed by atoms with Gasteiger partial charge in [-0.25, -0.2) is 4.39 Å². The Morgan fingerprint density at radius 3 is 2.39 bits per heavy atom. The zero-order chi connectivity index (χ0) is 20.3. The molecule has 3 rings (SSSR count). The van der Waals surface area contributed by atoms with E-state index in [0.29, 0.717) is 0 Å². The van der Waals surface area contributed by atoms with E-state index in [9.17, 15) is 17.6 Å². The number of likely N-dealkylation sites (N-methyl/N-ethyl adjacent to an activating group) is 1. The molecular weight excluding hydrogens is 399 g/mol. The standard InChI is InChI=1S/C20H19FN2O3S2/c1-3-14-9-11-16(12-10-14)28(25,26)22-20-23(4-2)19(24)18(27-20)13-15-7-5-6-8-17(15)21/h5-13H,3-4H2,1-2H3/b18-13+,22-20-. The van der Waals surface area contributed by atoms with E-state index in [1.807, 2.05) is 6.92 Å². The van der Waals surface area contributed by atoms with E-state index in [0.717, 1.165) is 23.7 Å². The highest BCUT2D eigenvalue weighted by molar-refractivity contribution is 8.19. The van der Waals surface area contributed by atoms with Gasteiger partial charge in [0.1, 0.15) is 5.82 Å². The van der Waals surface area contributed by atoms with Gasteiger partial charge in [0.15, 0.2) is 5.17 Å². The Morgan fingerprint density at radius 1 is 1.11 bits per heavy atom. The predicted molar refractivity (Wildman–Crippen MR) is 110 cm³/mol. The summed E-state index contributed by atoms with van der Waals surface area (Å²) in [6.07, 6.45) is 2.21. The van der Waals surface area contributed by atoms with Crippen LogP contribution in [0.15, 0.2) is 62.7 Å². The van der Waals surface area contributed by atoms with Gasteiger partial charge in [-0.3, -0.25) is 9.69 Å². The lowest BCUT2D eigenvalue weighted by Gasteiger charge is -2.12. The normalized spacial score (nSPS) is 17.7. The Morgan fingerprint density at radius 2 is 1.79 bits per heavy atom. The highest BCUT2D eigenvalue weighted by Crippen LogP contribution is 2.33. The van der Waals surface area contributed by atoms with Crippen LogP contribution < -0.4 is 0 Å². The van der Waals surface area contributed by atoms with E-state index in [4.69, 9.17) is 0 Å². The molecule has 28 heavy (non-hydrogen) atoms. The Labute approximate surface area is 168 Å². The fraction of sp³-hybridized carbons (Fsp3) is 0.200. The number of amides is 1. The van der Waals surface area contributed by atoms with Crippen molar-refractivity contribution in [3.05, 3.63) is 70.4 Å². The van der Waals surface area contributed by atoms with Gasteiger partial charge in [-0.2, -0.15) is 8.42 Å². The second kappa shape index (κ2) is 8.28. The number of sulfonamides is 1. The molecule has 0 spiro atoms. The van der Waals surface area contributed by atoms with E-state index >= 15 is 0 Å². The highest BCUT2D eigenvalue weighted by atomic mass is 32.2. The Hall–Kier alpha value is -2.45. The van der Waals surface area contributed by atoms with Gasteiger partial charge in [0.2, 0.25) is 0 Å². The number of halogens is 1. The lowest BCUT2D eigenvalue weighted by molar-refractivity contribution is -0.122. The van der Waals surface area contributed by atoms with Crippen LogP contribution in [0.2, 0.25) is 0 Å². The first-order valence-electron chi connectivity index (χ1n) is 8.75. The van der Waals surface area contributed by atoms with Crippen LogP contribution in [0.5, 0.6) is 0 Å². The molecule has 1 heterocycles. The van der Waals surface area contributed by atoms with Crippen molar-refractivity contribution >= 4 is 38.9 Å². The lowest BCUT2D eigenvalue weighted by Crippen LogP contribution is -2.29. The quantitative estimate of drug-likeness (QED) is 0.687. The van der Waals surface area contributed by atoms with E-state index in [1.54, 1.807) is 37.3 Å². The second-order valence-corrected chi connectivity index (χ2v) is 8.64. The number of thioether (sulfide) groups is 1. The molecule has 0 aromatic heterocycles. The molecule has 146 valence electrons. The molecule has 0 bridgehead atoms. The third-order valence-corrected chi connectivity index (χ3v) is 6.63. The smallest absolute Gasteiger partial charge is 0.284 e. The van der Waals surface area contributed by atoms with Gasteiger partial charge in [0, 0.05) is 12.1 Å². The molecule has 1 amide bonds. The topological polar surface area (TPSA) is 66.8 Å². The van der Waals surface area contributed by atoms with Gasteiger partial charge in [-0.1, -0.05) is 37.3 Å². The summed E-state index contributed by atoms with van der Waals surface area (Å²) in [7, 11) is -3.97. The number of carbonyl (C=O) groups excluding carboxylic acids is 1. The first kappa shape index (κ1) is 20.3. The Kier molecular flexibility index (Phi) is 6.00. The van der Waals surface area contributed by atoms with E-state index in [-0.39, 0.29) is 27.1 Å². The van der Waals surface area contributed by atoms with Crippen molar-refractivity contribution in [3.63, 3.8) is 0 Å². The zero-order valence-electron chi connectivity index (χ0n) is 15.4. The predicted octanol–water partition coefficient (Wildman–Crippen LogP) is 4.07. The number of carbonyl (C=O) groups is 1. The maximum atomic E-state index is 13.9. The molecule has 2 aromatic rings. The number of nitrogens with zero attached hydrogens (tertiary/aromatic N) is 2. The summed E-state index contributed by atoms with van der Waals surface area (Å²) in [6, 6.07) is 12.6. The van der Waals surface area contributed by atoms with Crippen LogP contribution in [0.1, 0.15) is 25.0 Å². The molecule has 0 N–H and O–H groups in total. The maximum absolute atomic E-state index is 13.9. The molecule has 0 atom stereocenters.